The SMILES string of the molecule is CCNC1(CO)CCCCC1OC. The number of hydrogen-bond acceptors (Lipinski definition) is 3. The first-order chi connectivity index (χ1) is 6.29. The van der Waals surface area contributed by atoms with E-state index in [1.165, 1.54) is 12.8 Å². The van der Waals surface area contributed by atoms with E-state index in [0.717, 1.165) is 19.4 Å². The van der Waals surface area contributed by atoms with Gasteiger partial charge < -0.3 is 15.2 Å². The average Bonchev–Trinajstić information content (AvgIpc) is 2.19. The summed E-state index contributed by atoms with van der Waals surface area (Å²) in [6, 6.07) is 0. The number of rotatable bonds is 4. The third kappa shape index (κ3) is 2.22. The van der Waals surface area contributed by atoms with E-state index in [9.17, 15) is 5.11 Å². The lowest BCUT2D eigenvalue weighted by molar-refractivity contribution is -0.0372. The van der Waals surface area contributed by atoms with E-state index in [1.54, 1.807) is 7.11 Å². The Morgan fingerprint density at radius 1 is 1.54 bits per heavy atom. The largest absolute Gasteiger partial charge is 0.394 e. The summed E-state index contributed by atoms with van der Waals surface area (Å²) in [7, 11) is 1.73. The highest BCUT2D eigenvalue weighted by Gasteiger charge is 2.39. The standard InChI is InChI=1S/C10H21NO2/c1-3-11-10(8-12)7-5-4-6-9(10)13-2/h9,11-12H,3-8H2,1-2H3. The highest BCUT2D eigenvalue weighted by Crippen LogP contribution is 2.30. The smallest absolute Gasteiger partial charge is 0.0775 e. The average molecular weight is 187 g/mol. The lowest BCUT2D eigenvalue weighted by Gasteiger charge is -2.42. The summed E-state index contributed by atoms with van der Waals surface area (Å²) in [5.41, 5.74) is -0.179. The van der Waals surface area contributed by atoms with Crippen molar-refractivity contribution in [2.24, 2.45) is 0 Å². The summed E-state index contributed by atoms with van der Waals surface area (Å²) in [5.74, 6) is 0. The second-order valence-corrected chi connectivity index (χ2v) is 3.81. The van der Waals surface area contributed by atoms with Crippen LogP contribution < -0.4 is 5.32 Å². The van der Waals surface area contributed by atoms with Gasteiger partial charge >= 0.3 is 0 Å². The maximum absolute atomic E-state index is 9.43. The zero-order valence-corrected chi connectivity index (χ0v) is 8.68. The number of hydrogen-bond donors (Lipinski definition) is 2. The minimum Gasteiger partial charge on any atom is -0.394 e. The first kappa shape index (κ1) is 11.0. The van der Waals surface area contributed by atoms with Gasteiger partial charge in [-0.1, -0.05) is 19.8 Å². The number of nitrogens with one attached hydrogen (secondary N) is 1. The molecule has 0 aromatic carbocycles. The number of methoxy groups -OCH3 is 1. The van der Waals surface area contributed by atoms with Crippen LogP contribution in [0.2, 0.25) is 0 Å². The number of aliphatic hydroxyl groups excluding tert-OH is 1. The van der Waals surface area contributed by atoms with Crippen molar-refractivity contribution in [3.8, 4) is 0 Å². The van der Waals surface area contributed by atoms with Crippen molar-refractivity contribution in [2.45, 2.75) is 44.2 Å². The summed E-state index contributed by atoms with van der Waals surface area (Å²) in [6.45, 7) is 3.14. The molecule has 1 aliphatic carbocycles. The molecule has 1 fully saturated rings. The van der Waals surface area contributed by atoms with Gasteiger partial charge in [0, 0.05) is 7.11 Å². The Balaban J connectivity index is 2.66. The van der Waals surface area contributed by atoms with Gasteiger partial charge in [-0.25, -0.2) is 0 Å². The molecule has 1 aliphatic rings. The molecular weight excluding hydrogens is 166 g/mol. The van der Waals surface area contributed by atoms with Crippen LogP contribution in [0.15, 0.2) is 0 Å². The predicted molar refractivity (Wildman–Crippen MR) is 52.8 cm³/mol. The maximum atomic E-state index is 9.43. The molecule has 0 aromatic heterocycles. The van der Waals surface area contributed by atoms with Gasteiger partial charge in [-0.3, -0.25) is 0 Å². The van der Waals surface area contributed by atoms with Crippen LogP contribution in [0.25, 0.3) is 0 Å². The first-order valence-electron chi connectivity index (χ1n) is 5.17. The molecule has 2 atom stereocenters. The van der Waals surface area contributed by atoms with E-state index < -0.39 is 0 Å². The zero-order chi connectivity index (χ0) is 9.73. The highest BCUT2D eigenvalue weighted by molar-refractivity contribution is 4.97. The topological polar surface area (TPSA) is 41.5 Å². The van der Waals surface area contributed by atoms with Crippen LogP contribution in [0.3, 0.4) is 0 Å². The van der Waals surface area contributed by atoms with E-state index in [0.29, 0.717) is 0 Å². The number of ether oxygens (including phenoxy) is 1. The Hall–Kier alpha value is -0.120. The quantitative estimate of drug-likeness (QED) is 0.687. The molecule has 78 valence electrons. The summed E-state index contributed by atoms with van der Waals surface area (Å²) >= 11 is 0. The molecule has 0 aliphatic heterocycles. The molecule has 0 saturated heterocycles. The Bertz CT molecular complexity index is 148. The third-order valence-corrected chi connectivity index (χ3v) is 3.05. The van der Waals surface area contributed by atoms with E-state index in [4.69, 9.17) is 4.74 Å². The van der Waals surface area contributed by atoms with E-state index in [-0.39, 0.29) is 18.2 Å². The van der Waals surface area contributed by atoms with Gasteiger partial charge in [-0.15, -0.1) is 0 Å². The molecule has 2 N–H and O–H groups in total. The van der Waals surface area contributed by atoms with E-state index in [1.807, 2.05) is 0 Å². The van der Waals surface area contributed by atoms with Crippen LogP contribution in [0.1, 0.15) is 32.6 Å². The van der Waals surface area contributed by atoms with Crippen LogP contribution >= 0.6 is 0 Å². The molecule has 0 radical (unpaired) electrons. The molecule has 0 spiro atoms. The Kier molecular flexibility index (Phi) is 4.16. The molecule has 3 heteroatoms. The minimum absolute atomic E-state index is 0.172. The predicted octanol–water partition coefficient (Wildman–Crippen LogP) is 0.916. The van der Waals surface area contributed by atoms with Crippen molar-refractivity contribution in [1.82, 2.24) is 5.32 Å². The van der Waals surface area contributed by atoms with Crippen LogP contribution in [0.4, 0.5) is 0 Å². The Morgan fingerprint density at radius 3 is 2.85 bits per heavy atom. The fourth-order valence-corrected chi connectivity index (χ4v) is 2.34. The molecule has 0 bridgehead atoms. The van der Waals surface area contributed by atoms with Crippen LogP contribution in [-0.2, 0) is 4.74 Å². The van der Waals surface area contributed by atoms with Gasteiger partial charge in [0.15, 0.2) is 0 Å². The summed E-state index contributed by atoms with van der Waals surface area (Å²) in [5, 5.41) is 12.8. The van der Waals surface area contributed by atoms with Gasteiger partial charge in [-0.2, -0.15) is 0 Å². The molecule has 0 heterocycles. The Morgan fingerprint density at radius 2 is 2.31 bits per heavy atom. The number of likely N-dealkylation sites (N-methyl/N-ethyl adjacent to an activating group) is 1. The summed E-state index contributed by atoms with van der Waals surface area (Å²) < 4.78 is 5.43. The van der Waals surface area contributed by atoms with Crippen molar-refractivity contribution in [3.05, 3.63) is 0 Å². The Labute approximate surface area is 80.5 Å². The van der Waals surface area contributed by atoms with E-state index in [2.05, 4.69) is 12.2 Å². The molecule has 1 saturated carbocycles. The summed E-state index contributed by atoms with van der Waals surface area (Å²) in [4.78, 5) is 0. The van der Waals surface area contributed by atoms with Gasteiger partial charge in [0.25, 0.3) is 0 Å². The molecular formula is C10H21NO2. The van der Waals surface area contributed by atoms with Crippen LogP contribution in [0, 0.1) is 0 Å². The van der Waals surface area contributed by atoms with Crippen molar-refractivity contribution in [1.29, 1.82) is 0 Å². The van der Waals surface area contributed by atoms with Crippen molar-refractivity contribution in [2.75, 3.05) is 20.3 Å². The summed E-state index contributed by atoms with van der Waals surface area (Å²) in [6.07, 6.45) is 4.66. The highest BCUT2D eigenvalue weighted by atomic mass is 16.5. The molecule has 1 rings (SSSR count). The molecule has 13 heavy (non-hydrogen) atoms. The third-order valence-electron chi connectivity index (χ3n) is 3.05. The molecule has 2 unspecified atom stereocenters. The van der Waals surface area contributed by atoms with Crippen molar-refractivity contribution >= 4 is 0 Å². The zero-order valence-electron chi connectivity index (χ0n) is 8.68. The minimum atomic E-state index is -0.179. The van der Waals surface area contributed by atoms with Gasteiger partial charge in [0.1, 0.15) is 0 Å². The lowest BCUT2D eigenvalue weighted by atomic mass is 9.79. The fourth-order valence-electron chi connectivity index (χ4n) is 2.34. The maximum Gasteiger partial charge on any atom is 0.0775 e. The number of aliphatic hydroxyl groups is 1. The fraction of sp³-hybridized carbons (Fsp3) is 1.00. The van der Waals surface area contributed by atoms with Crippen molar-refractivity contribution < 1.29 is 9.84 Å². The first-order valence-corrected chi connectivity index (χ1v) is 5.17. The molecule has 3 nitrogen and oxygen atoms in total. The van der Waals surface area contributed by atoms with Gasteiger partial charge in [-0.05, 0) is 19.4 Å². The van der Waals surface area contributed by atoms with Gasteiger partial charge in [0.05, 0.1) is 18.2 Å². The normalized spacial score (nSPS) is 34.8. The second kappa shape index (κ2) is 4.94. The van der Waals surface area contributed by atoms with E-state index >= 15 is 0 Å². The molecule has 0 amide bonds. The lowest BCUT2D eigenvalue weighted by Crippen LogP contribution is -2.59. The van der Waals surface area contributed by atoms with Gasteiger partial charge in [0.2, 0.25) is 0 Å². The van der Waals surface area contributed by atoms with Crippen LogP contribution in [-0.4, -0.2) is 37.0 Å². The van der Waals surface area contributed by atoms with Crippen LogP contribution in [0.5, 0.6) is 0 Å². The van der Waals surface area contributed by atoms with Crippen molar-refractivity contribution in [3.63, 3.8) is 0 Å². The second-order valence-electron chi connectivity index (χ2n) is 3.81. The molecule has 0 aromatic rings. The monoisotopic (exact) mass is 187 g/mol.